The van der Waals surface area contributed by atoms with Gasteiger partial charge in [-0.05, 0) is 29.8 Å². The van der Waals surface area contributed by atoms with Gasteiger partial charge in [0.2, 0.25) is 0 Å². The number of hydrogen-bond donors (Lipinski definition) is 0. The van der Waals surface area contributed by atoms with Gasteiger partial charge in [0.15, 0.2) is 0 Å². The molecule has 1 atom stereocenters. The number of hydrogen-bond acceptors (Lipinski definition) is 4. The lowest BCUT2D eigenvalue weighted by molar-refractivity contribution is 0.675. The van der Waals surface area contributed by atoms with Gasteiger partial charge in [-0.2, -0.15) is 5.26 Å². The summed E-state index contributed by atoms with van der Waals surface area (Å²) in [6.45, 7) is 7.53. The maximum absolute atomic E-state index is 8.86. The van der Waals surface area contributed by atoms with E-state index in [1.165, 1.54) is 0 Å². The van der Waals surface area contributed by atoms with Crippen LogP contribution in [-0.2, 0) is 6.42 Å². The van der Waals surface area contributed by atoms with Crippen LogP contribution in [0, 0.1) is 17.2 Å². The minimum atomic E-state index is -0.00577. The van der Waals surface area contributed by atoms with Gasteiger partial charge in [0.25, 0.3) is 0 Å². The SMILES string of the molecule is CCc1nc(Br)cc(N(CC)CC(C)C#N)n1. The Kier molecular flexibility index (Phi) is 5.36. The summed E-state index contributed by atoms with van der Waals surface area (Å²) in [6, 6.07) is 4.14. The van der Waals surface area contributed by atoms with E-state index < -0.39 is 0 Å². The molecule has 0 N–H and O–H groups in total. The monoisotopic (exact) mass is 296 g/mol. The summed E-state index contributed by atoms with van der Waals surface area (Å²) < 4.78 is 0.794. The summed E-state index contributed by atoms with van der Waals surface area (Å²) >= 11 is 3.39. The molecule has 0 aromatic carbocycles. The standard InChI is InChI=1S/C12H17BrN4/c1-4-11-15-10(13)6-12(16-11)17(5-2)8-9(3)7-14/h6,9H,4-5,8H2,1-3H3. The number of nitriles is 1. The largest absolute Gasteiger partial charge is 0.355 e. The Morgan fingerprint density at radius 2 is 2.18 bits per heavy atom. The van der Waals surface area contributed by atoms with Crippen LogP contribution in [0.2, 0.25) is 0 Å². The van der Waals surface area contributed by atoms with Crippen molar-refractivity contribution >= 4 is 21.7 Å². The third-order valence-corrected chi connectivity index (χ3v) is 2.87. The molecule has 0 amide bonds. The Morgan fingerprint density at radius 1 is 1.47 bits per heavy atom. The molecule has 17 heavy (non-hydrogen) atoms. The smallest absolute Gasteiger partial charge is 0.133 e. The number of anilines is 1. The van der Waals surface area contributed by atoms with Crippen molar-refractivity contribution in [2.75, 3.05) is 18.0 Å². The van der Waals surface area contributed by atoms with Crippen molar-refractivity contribution in [1.82, 2.24) is 9.97 Å². The first-order valence-electron chi connectivity index (χ1n) is 5.78. The fourth-order valence-electron chi connectivity index (χ4n) is 1.53. The molecule has 0 saturated heterocycles. The number of nitrogens with zero attached hydrogens (tertiary/aromatic N) is 4. The highest BCUT2D eigenvalue weighted by atomic mass is 79.9. The van der Waals surface area contributed by atoms with Gasteiger partial charge < -0.3 is 4.90 Å². The molecule has 0 fully saturated rings. The second-order valence-corrected chi connectivity index (χ2v) is 4.70. The second kappa shape index (κ2) is 6.55. The first-order chi connectivity index (χ1) is 8.10. The third kappa shape index (κ3) is 3.97. The van der Waals surface area contributed by atoms with E-state index in [1.807, 2.05) is 19.9 Å². The third-order valence-electron chi connectivity index (χ3n) is 2.46. The number of rotatable bonds is 5. The van der Waals surface area contributed by atoms with Crippen molar-refractivity contribution in [2.45, 2.75) is 27.2 Å². The van der Waals surface area contributed by atoms with Crippen molar-refractivity contribution < 1.29 is 0 Å². The van der Waals surface area contributed by atoms with Gasteiger partial charge in [-0.3, -0.25) is 0 Å². The van der Waals surface area contributed by atoms with Gasteiger partial charge in [0.05, 0.1) is 12.0 Å². The van der Waals surface area contributed by atoms with Crippen molar-refractivity contribution in [2.24, 2.45) is 5.92 Å². The van der Waals surface area contributed by atoms with E-state index in [9.17, 15) is 0 Å². The summed E-state index contributed by atoms with van der Waals surface area (Å²) in [6.07, 6.45) is 0.803. The van der Waals surface area contributed by atoms with Crippen LogP contribution in [0.25, 0.3) is 0 Å². The van der Waals surface area contributed by atoms with E-state index in [0.29, 0.717) is 6.54 Å². The highest BCUT2D eigenvalue weighted by molar-refractivity contribution is 9.10. The van der Waals surface area contributed by atoms with E-state index in [0.717, 1.165) is 29.2 Å². The van der Waals surface area contributed by atoms with Gasteiger partial charge in [-0.15, -0.1) is 0 Å². The van der Waals surface area contributed by atoms with Crippen LogP contribution in [0.3, 0.4) is 0 Å². The maximum atomic E-state index is 8.86. The second-order valence-electron chi connectivity index (χ2n) is 3.89. The average molecular weight is 297 g/mol. The van der Waals surface area contributed by atoms with Crippen LogP contribution in [0.15, 0.2) is 10.7 Å². The van der Waals surface area contributed by atoms with Crippen molar-refractivity contribution in [3.05, 3.63) is 16.5 Å². The van der Waals surface area contributed by atoms with Crippen molar-refractivity contribution in [3.63, 3.8) is 0 Å². The van der Waals surface area contributed by atoms with Gasteiger partial charge in [0, 0.05) is 25.6 Å². The first-order valence-corrected chi connectivity index (χ1v) is 6.58. The fourth-order valence-corrected chi connectivity index (χ4v) is 1.94. The molecule has 0 radical (unpaired) electrons. The number of halogens is 1. The molecule has 1 aromatic heterocycles. The molecule has 0 saturated carbocycles. The van der Waals surface area contributed by atoms with E-state index in [4.69, 9.17) is 5.26 Å². The molecule has 0 spiro atoms. The highest BCUT2D eigenvalue weighted by Gasteiger charge is 2.12. The molecule has 1 aromatic rings. The molecule has 92 valence electrons. The molecule has 0 aliphatic heterocycles. The molecule has 5 heteroatoms. The van der Waals surface area contributed by atoms with Gasteiger partial charge in [-0.1, -0.05) is 6.92 Å². The average Bonchev–Trinajstić information content (AvgIpc) is 2.34. The normalized spacial score (nSPS) is 11.9. The summed E-state index contributed by atoms with van der Waals surface area (Å²) in [5, 5.41) is 8.86. The van der Waals surface area contributed by atoms with Crippen molar-refractivity contribution in [3.8, 4) is 6.07 Å². The predicted octanol–water partition coefficient (Wildman–Crippen LogP) is 2.79. The van der Waals surface area contributed by atoms with E-state index >= 15 is 0 Å². The maximum Gasteiger partial charge on any atom is 0.133 e. The van der Waals surface area contributed by atoms with Crippen molar-refractivity contribution in [1.29, 1.82) is 5.26 Å². The van der Waals surface area contributed by atoms with Crippen LogP contribution in [0.4, 0.5) is 5.82 Å². The lowest BCUT2D eigenvalue weighted by Gasteiger charge is -2.23. The molecule has 1 unspecified atom stereocenters. The zero-order valence-corrected chi connectivity index (χ0v) is 12.0. The minimum absolute atomic E-state index is 0.00577. The zero-order chi connectivity index (χ0) is 12.8. The van der Waals surface area contributed by atoms with E-state index in [1.54, 1.807) is 0 Å². The Balaban J connectivity index is 2.95. The van der Waals surface area contributed by atoms with Gasteiger partial charge in [0.1, 0.15) is 16.2 Å². The summed E-state index contributed by atoms with van der Waals surface area (Å²) in [4.78, 5) is 10.9. The lowest BCUT2D eigenvalue weighted by atomic mass is 10.2. The van der Waals surface area contributed by atoms with E-state index in [2.05, 4.69) is 43.8 Å². The Bertz CT molecular complexity index is 413. The number of aryl methyl sites for hydroxylation is 1. The van der Waals surface area contributed by atoms with E-state index in [-0.39, 0.29) is 5.92 Å². The molecule has 1 rings (SSSR count). The van der Waals surface area contributed by atoms with Gasteiger partial charge >= 0.3 is 0 Å². The lowest BCUT2D eigenvalue weighted by Crippen LogP contribution is -2.29. The zero-order valence-electron chi connectivity index (χ0n) is 10.4. The number of aromatic nitrogens is 2. The Hall–Kier alpha value is -1.15. The molecular weight excluding hydrogens is 280 g/mol. The Labute approximate surface area is 111 Å². The predicted molar refractivity (Wildman–Crippen MR) is 71.8 cm³/mol. The molecule has 0 bridgehead atoms. The highest BCUT2D eigenvalue weighted by Crippen LogP contribution is 2.17. The molecule has 1 heterocycles. The fraction of sp³-hybridized carbons (Fsp3) is 0.583. The van der Waals surface area contributed by atoms with Crippen LogP contribution in [-0.4, -0.2) is 23.1 Å². The first kappa shape index (κ1) is 13.9. The Morgan fingerprint density at radius 3 is 2.71 bits per heavy atom. The van der Waals surface area contributed by atoms with Crippen LogP contribution in [0.1, 0.15) is 26.6 Å². The van der Waals surface area contributed by atoms with Crippen LogP contribution >= 0.6 is 15.9 Å². The van der Waals surface area contributed by atoms with Gasteiger partial charge in [-0.25, -0.2) is 9.97 Å². The summed E-state index contributed by atoms with van der Waals surface area (Å²) in [5.74, 6) is 1.69. The quantitative estimate of drug-likeness (QED) is 0.784. The molecule has 0 aliphatic rings. The van der Waals surface area contributed by atoms with Crippen LogP contribution < -0.4 is 4.90 Å². The topological polar surface area (TPSA) is 52.8 Å². The summed E-state index contributed by atoms with van der Waals surface area (Å²) in [5.41, 5.74) is 0. The minimum Gasteiger partial charge on any atom is -0.355 e. The van der Waals surface area contributed by atoms with Crippen LogP contribution in [0.5, 0.6) is 0 Å². The molecular formula is C12H17BrN4. The molecule has 4 nitrogen and oxygen atoms in total. The summed E-state index contributed by atoms with van der Waals surface area (Å²) in [7, 11) is 0. The molecule has 0 aliphatic carbocycles.